The largest absolute Gasteiger partial charge is 0.493 e. The number of ether oxygens (including phenoxy) is 2. The number of aromatic nitrogens is 1. The number of nitrogens with zero attached hydrogens (tertiary/aromatic N) is 2. The van der Waals surface area contributed by atoms with E-state index in [9.17, 15) is 28.4 Å². The highest BCUT2D eigenvalue weighted by atomic mass is 35.5. The lowest BCUT2D eigenvalue weighted by molar-refractivity contribution is -0.136. The molecule has 1 saturated heterocycles. The monoisotopic (exact) mass is 740 g/mol. The third-order valence-electron chi connectivity index (χ3n) is 10.5. The summed E-state index contributed by atoms with van der Waals surface area (Å²) in [6.07, 6.45) is 5.84. The summed E-state index contributed by atoms with van der Waals surface area (Å²) in [6, 6.07) is 15.4. The predicted molar refractivity (Wildman–Crippen MR) is 194 cm³/mol. The summed E-state index contributed by atoms with van der Waals surface area (Å²) in [5, 5.41) is 6.42. The van der Waals surface area contributed by atoms with Gasteiger partial charge in [-0.25, -0.2) is 4.39 Å². The van der Waals surface area contributed by atoms with E-state index in [1.165, 1.54) is 12.1 Å². The van der Waals surface area contributed by atoms with Gasteiger partial charge in [-0.05, 0) is 98.0 Å². The van der Waals surface area contributed by atoms with Crippen LogP contribution in [0.5, 0.6) is 11.5 Å². The van der Waals surface area contributed by atoms with Crippen LogP contribution in [0, 0.1) is 17.7 Å². The van der Waals surface area contributed by atoms with E-state index < -0.39 is 29.7 Å². The topological polar surface area (TPSA) is 144 Å². The van der Waals surface area contributed by atoms with E-state index in [2.05, 4.69) is 15.6 Å². The average molecular weight is 741 g/mol. The normalized spacial score (nSPS) is 20.6. The van der Waals surface area contributed by atoms with Gasteiger partial charge in [0.15, 0.2) is 0 Å². The van der Waals surface area contributed by atoms with Crippen molar-refractivity contribution in [3.8, 4) is 11.5 Å². The van der Waals surface area contributed by atoms with E-state index in [-0.39, 0.29) is 72.4 Å². The number of fused-ring (bicyclic) bond motifs is 2. The van der Waals surface area contributed by atoms with Crippen LogP contribution in [0.25, 0.3) is 10.9 Å². The molecule has 3 heterocycles. The third kappa shape index (κ3) is 7.46. The van der Waals surface area contributed by atoms with E-state index in [0.29, 0.717) is 22.9 Å². The van der Waals surface area contributed by atoms with Crippen LogP contribution in [-0.4, -0.2) is 58.7 Å². The Bertz CT molecular complexity index is 2120. The van der Waals surface area contributed by atoms with Crippen LogP contribution in [0.15, 0.2) is 66.9 Å². The molecule has 4 aromatic rings. The van der Waals surface area contributed by atoms with E-state index in [4.69, 9.17) is 21.1 Å². The maximum atomic E-state index is 14.0. The maximum absolute atomic E-state index is 14.0. The standard InChI is InChI=1S/C40H38ClFN4O7/c1-22(23-6-8-24(9-7-23)27-16-17-43-31-13-10-25(42)20-29(27)31)37(48)44-26-11-12-30(41)34(21-26)53-19-3-18-52-33-5-2-4-28-36(33)40(51)46(39(28)50)32-14-15-35(47)45-38(32)49/h2,4-5,10-13,16-17,20-24,32H,3,6-9,14-15,18-19H2,1H3,(H,44,48)(H,45,47,49)/t22-,23?,24?,32?/m1/s1. The van der Waals surface area contributed by atoms with Crippen LogP contribution in [0.1, 0.15) is 84.1 Å². The van der Waals surface area contributed by atoms with Crippen molar-refractivity contribution < 1.29 is 37.8 Å². The quantitative estimate of drug-likeness (QED) is 0.126. The molecule has 2 N–H and O–H groups in total. The number of nitrogens with one attached hydrogen (secondary N) is 2. The zero-order valence-electron chi connectivity index (χ0n) is 29.0. The van der Waals surface area contributed by atoms with Crippen LogP contribution in [0.2, 0.25) is 5.02 Å². The number of amides is 5. The average Bonchev–Trinajstić information content (AvgIpc) is 3.41. The number of hydrogen-bond donors (Lipinski definition) is 2. The lowest BCUT2D eigenvalue weighted by Gasteiger charge is -2.32. The second kappa shape index (κ2) is 15.3. The molecule has 0 bridgehead atoms. The Kier molecular flexibility index (Phi) is 10.4. The summed E-state index contributed by atoms with van der Waals surface area (Å²) in [5.41, 5.74) is 2.67. The van der Waals surface area contributed by atoms with E-state index in [1.807, 2.05) is 13.0 Å². The van der Waals surface area contributed by atoms with Crippen LogP contribution >= 0.6 is 11.6 Å². The first-order chi connectivity index (χ1) is 25.6. The number of piperidine rings is 1. The van der Waals surface area contributed by atoms with Gasteiger partial charge in [0.2, 0.25) is 17.7 Å². The molecule has 2 fully saturated rings. The Hall–Kier alpha value is -5.36. The zero-order valence-corrected chi connectivity index (χ0v) is 29.8. The molecule has 0 spiro atoms. The summed E-state index contributed by atoms with van der Waals surface area (Å²) in [5.74, 6) is -1.87. The minimum Gasteiger partial charge on any atom is -0.493 e. The van der Waals surface area contributed by atoms with Crippen molar-refractivity contribution in [1.82, 2.24) is 15.2 Å². The van der Waals surface area contributed by atoms with Gasteiger partial charge in [-0.2, -0.15) is 0 Å². The number of rotatable bonds is 11. The third-order valence-corrected chi connectivity index (χ3v) is 10.8. The number of carbonyl (C=O) groups is 5. The molecule has 2 atom stereocenters. The molecule has 53 heavy (non-hydrogen) atoms. The lowest BCUT2D eigenvalue weighted by Crippen LogP contribution is -2.54. The Balaban J connectivity index is 0.895. The molecule has 3 aromatic carbocycles. The van der Waals surface area contributed by atoms with Gasteiger partial charge in [0, 0.05) is 42.1 Å². The molecule has 2 aliphatic heterocycles. The summed E-state index contributed by atoms with van der Waals surface area (Å²) < 4.78 is 25.8. The van der Waals surface area contributed by atoms with Crippen LogP contribution < -0.4 is 20.1 Å². The van der Waals surface area contributed by atoms with E-state index in [1.54, 1.807) is 48.7 Å². The zero-order chi connectivity index (χ0) is 37.2. The van der Waals surface area contributed by atoms with Crippen molar-refractivity contribution in [2.24, 2.45) is 11.8 Å². The first-order valence-electron chi connectivity index (χ1n) is 17.8. The minimum absolute atomic E-state index is 0.0319. The number of imide groups is 2. The molecule has 1 unspecified atom stereocenters. The van der Waals surface area contributed by atoms with Gasteiger partial charge < -0.3 is 14.8 Å². The van der Waals surface area contributed by atoms with Gasteiger partial charge in [-0.15, -0.1) is 0 Å². The lowest BCUT2D eigenvalue weighted by atomic mass is 9.73. The van der Waals surface area contributed by atoms with Crippen LogP contribution in [-0.2, 0) is 14.4 Å². The van der Waals surface area contributed by atoms with E-state index in [0.717, 1.165) is 47.0 Å². The summed E-state index contributed by atoms with van der Waals surface area (Å²) in [6.45, 7) is 2.31. The molecule has 7 rings (SSSR count). The Morgan fingerprint density at radius 3 is 2.51 bits per heavy atom. The van der Waals surface area contributed by atoms with Gasteiger partial charge in [0.1, 0.15) is 23.4 Å². The van der Waals surface area contributed by atoms with Crippen molar-refractivity contribution in [2.45, 2.75) is 63.8 Å². The van der Waals surface area contributed by atoms with Crippen molar-refractivity contribution in [2.75, 3.05) is 18.5 Å². The van der Waals surface area contributed by atoms with Crippen molar-refractivity contribution in [3.63, 3.8) is 0 Å². The SMILES string of the molecule is C[C@@H](C(=O)Nc1ccc(Cl)c(OCCCOc2cccc3c2C(=O)N(C2CCC(=O)NC2=O)C3=O)c1)C1CCC(c2ccnc3ccc(F)cc23)CC1. The summed E-state index contributed by atoms with van der Waals surface area (Å²) in [7, 11) is 0. The second-order valence-corrected chi connectivity index (χ2v) is 14.2. The first-order valence-corrected chi connectivity index (χ1v) is 18.2. The van der Waals surface area contributed by atoms with E-state index >= 15 is 0 Å². The minimum atomic E-state index is -1.07. The molecule has 5 amide bonds. The van der Waals surface area contributed by atoms with Gasteiger partial charge in [-0.3, -0.25) is 39.2 Å². The fourth-order valence-corrected chi connectivity index (χ4v) is 7.79. The number of halogens is 2. The molecule has 1 aromatic heterocycles. The molecule has 13 heteroatoms. The van der Waals surface area contributed by atoms with Gasteiger partial charge in [0.05, 0.1) is 34.9 Å². The first kappa shape index (κ1) is 36.0. The molecular weight excluding hydrogens is 703 g/mol. The van der Waals surface area contributed by atoms with Gasteiger partial charge in [-0.1, -0.05) is 24.6 Å². The van der Waals surface area contributed by atoms with Gasteiger partial charge in [0.25, 0.3) is 11.8 Å². The van der Waals surface area contributed by atoms with Crippen molar-refractivity contribution in [1.29, 1.82) is 0 Å². The highest BCUT2D eigenvalue weighted by molar-refractivity contribution is 6.32. The Labute approximate surface area is 310 Å². The molecule has 1 saturated carbocycles. The van der Waals surface area contributed by atoms with Crippen LogP contribution in [0.3, 0.4) is 0 Å². The number of pyridine rings is 1. The molecule has 11 nitrogen and oxygen atoms in total. The summed E-state index contributed by atoms with van der Waals surface area (Å²) in [4.78, 5) is 69.0. The molecule has 0 radical (unpaired) electrons. The van der Waals surface area contributed by atoms with Crippen molar-refractivity contribution >= 4 is 57.7 Å². The number of benzene rings is 3. The maximum Gasteiger partial charge on any atom is 0.266 e. The highest BCUT2D eigenvalue weighted by Gasteiger charge is 2.46. The Morgan fingerprint density at radius 1 is 0.962 bits per heavy atom. The van der Waals surface area contributed by atoms with Gasteiger partial charge >= 0.3 is 0 Å². The molecule has 1 aliphatic carbocycles. The number of anilines is 1. The van der Waals surface area contributed by atoms with Crippen LogP contribution in [0.4, 0.5) is 10.1 Å². The fraction of sp³-hybridized carbons (Fsp3) is 0.350. The number of hydrogen-bond acceptors (Lipinski definition) is 8. The fourth-order valence-electron chi connectivity index (χ4n) is 7.62. The van der Waals surface area contributed by atoms with Crippen molar-refractivity contribution in [3.05, 3.63) is 94.4 Å². The number of carbonyl (C=O) groups excluding carboxylic acids is 5. The highest BCUT2D eigenvalue weighted by Crippen LogP contribution is 2.41. The Morgan fingerprint density at radius 2 is 1.74 bits per heavy atom. The smallest absolute Gasteiger partial charge is 0.266 e. The second-order valence-electron chi connectivity index (χ2n) is 13.8. The predicted octanol–water partition coefficient (Wildman–Crippen LogP) is 6.83. The molecule has 274 valence electrons. The molecular formula is C40H38ClFN4O7. The molecule has 3 aliphatic rings. The summed E-state index contributed by atoms with van der Waals surface area (Å²) >= 11 is 6.41.